The second kappa shape index (κ2) is 6.20. The van der Waals surface area contributed by atoms with E-state index in [1.54, 1.807) is 26.4 Å². The lowest BCUT2D eigenvalue weighted by Gasteiger charge is -2.12. The summed E-state index contributed by atoms with van der Waals surface area (Å²) in [5.74, 6) is 1.74. The van der Waals surface area contributed by atoms with Crippen molar-refractivity contribution < 1.29 is 19.3 Å². The minimum absolute atomic E-state index is 0.0501. The van der Waals surface area contributed by atoms with Crippen molar-refractivity contribution in [1.29, 1.82) is 0 Å². The molecule has 3 aromatic carbocycles. The van der Waals surface area contributed by atoms with Crippen LogP contribution in [0.1, 0.15) is 0 Å². The Morgan fingerprint density at radius 2 is 1.38 bits per heavy atom. The molecule has 0 unspecified atom stereocenters. The van der Waals surface area contributed by atoms with Gasteiger partial charge < -0.3 is 25.1 Å². The molecule has 0 aliphatic carbocycles. The van der Waals surface area contributed by atoms with Crippen LogP contribution in [-0.4, -0.2) is 26.4 Å². The predicted molar refractivity (Wildman–Crippen MR) is 95.1 cm³/mol. The van der Waals surface area contributed by atoms with E-state index in [2.05, 4.69) is 0 Å². The van der Waals surface area contributed by atoms with Crippen molar-refractivity contribution in [3.63, 3.8) is 0 Å². The Hall–Kier alpha value is -3.08. The number of ether oxygens (including phenoxy) is 3. The van der Waals surface area contributed by atoms with Gasteiger partial charge in [0.25, 0.3) is 0 Å². The zero-order valence-electron chi connectivity index (χ0n) is 13.8. The lowest BCUT2D eigenvalue weighted by Crippen LogP contribution is -1.93. The van der Waals surface area contributed by atoms with E-state index in [-0.39, 0.29) is 5.75 Å². The smallest absolute Gasteiger partial charge is 0.162 e. The molecule has 0 aromatic heterocycles. The van der Waals surface area contributed by atoms with Crippen LogP contribution in [0.4, 0.5) is 5.69 Å². The number of benzene rings is 3. The number of nitrogens with two attached hydrogens (primary N) is 1. The van der Waals surface area contributed by atoms with Gasteiger partial charge in [-0.1, -0.05) is 12.1 Å². The second-order valence-corrected chi connectivity index (χ2v) is 5.38. The van der Waals surface area contributed by atoms with Crippen molar-refractivity contribution in [2.75, 3.05) is 27.1 Å². The van der Waals surface area contributed by atoms with Gasteiger partial charge in [-0.05, 0) is 40.6 Å². The van der Waals surface area contributed by atoms with Crippen molar-refractivity contribution in [3.8, 4) is 34.1 Å². The van der Waals surface area contributed by atoms with E-state index in [4.69, 9.17) is 19.9 Å². The molecule has 3 aromatic rings. The summed E-state index contributed by atoms with van der Waals surface area (Å²) >= 11 is 0. The molecule has 0 aliphatic rings. The largest absolute Gasteiger partial charge is 0.504 e. The summed E-state index contributed by atoms with van der Waals surface area (Å²) in [6, 6.07) is 13.0. The number of nitrogen functional groups attached to an aromatic ring is 1. The Bertz CT molecular complexity index is 905. The molecule has 0 fully saturated rings. The normalized spacial score (nSPS) is 10.6. The summed E-state index contributed by atoms with van der Waals surface area (Å²) in [5, 5.41) is 12.0. The molecule has 124 valence electrons. The fourth-order valence-corrected chi connectivity index (χ4v) is 2.74. The van der Waals surface area contributed by atoms with Gasteiger partial charge in [0.1, 0.15) is 0 Å². The topological polar surface area (TPSA) is 73.9 Å². The maximum atomic E-state index is 10.0. The zero-order chi connectivity index (χ0) is 17.3. The van der Waals surface area contributed by atoms with Crippen LogP contribution in [0.2, 0.25) is 0 Å². The van der Waals surface area contributed by atoms with E-state index in [0.29, 0.717) is 22.9 Å². The van der Waals surface area contributed by atoms with E-state index in [1.807, 2.05) is 30.3 Å². The number of hydrogen-bond acceptors (Lipinski definition) is 5. The van der Waals surface area contributed by atoms with Gasteiger partial charge in [0, 0.05) is 17.3 Å². The van der Waals surface area contributed by atoms with E-state index < -0.39 is 0 Å². The third kappa shape index (κ3) is 2.65. The maximum absolute atomic E-state index is 10.0. The van der Waals surface area contributed by atoms with Gasteiger partial charge in [-0.15, -0.1) is 0 Å². The van der Waals surface area contributed by atoms with E-state index in [1.165, 1.54) is 7.11 Å². The van der Waals surface area contributed by atoms with Crippen LogP contribution in [0.3, 0.4) is 0 Å². The number of fused-ring (bicyclic) bond motifs is 1. The molecule has 0 saturated carbocycles. The van der Waals surface area contributed by atoms with Crippen molar-refractivity contribution in [3.05, 3.63) is 42.5 Å². The minimum Gasteiger partial charge on any atom is -0.504 e. The van der Waals surface area contributed by atoms with Crippen LogP contribution in [0.25, 0.3) is 21.9 Å². The van der Waals surface area contributed by atoms with E-state index >= 15 is 0 Å². The molecule has 0 aliphatic heterocycles. The molecule has 0 saturated heterocycles. The number of aromatic hydroxyl groups is 1. The fourth-order valence-electron chi connectivity index (χ4n) is 2.74. The molecule has 0 bridgehead atoms. The third-order valence-electron chi connectivity index (χ3n) is 4.00. The van der Waals surface area contributed by atoms with Gasteiger partial charge in [0.15, 0.2) is 23.0 Å². The first-order valence-corrected chi connectivity index (χ1v) is 7.40. The Balaban J connectivity index is 2.16. The van der Waals surface area contributed by atoms with Crippen LogP contribution in [0.15, 0.2) is 42.5 Å². The first-order chi connectivity index (χ1) is 11.6. The highest BCUT2D eigenvalue weighted by atomic mass is 16.5. The molecule has 3 rings (SSSR count). The Morgan fingerprint density at radius 1 is 0.750 bits per heavy atom. The molecule has 0 atom stereocenters. The molecule has 5 nitrogen and oxygen atoms in total. The Labute approximate surface area is 140 Å². The first kappa shape index (κ1) is 15.8. The Morgan fingerprint density at radius 3 is 2.00 bits per heavy atom. The van der Waals surface area contributed by atoms with Gasteiger partial charge in [0.05, 0.1) is 21.3 Å². The lowest BCUT2D eigenvalue weighted by molar-refractivity contribution is 0.356. The van der Waals surface area contributed by atoms with Crippen molar-refractivity contribution in [1.82, 2.24) is 0 Å². The van der Waals surface area contributed by atoms with E-state index in [9.17, 15) is 5.11 Å². The maximum Gasteiger partial charge on any atom is 0.162 e. The van der Waals surface area contributed by atoms with Gasteiger partial charge in [-0.25, -0.2) is 0 Å². The van der Waals surface area contributed by atoms with Crippen molar-refractivity contribution in [2.24, 2.45) is 0 Å². The molecular formula is C19H19NO4. The summed E-state index contributed by atoms with van der Waals surface area (Å²) in [5.41, 5.74) is 8.27. The SMILES string of the molecule is COc1cc(N)c(-c2ccc3cc(OC)c(OC)cc3c2)cc1O. The van der Waals surface area contributed by atoms with Gasteiger partial charge >= 0.3 is 0 Å². The summed E-state index contributed by atoms with van der Waals surface area (Å²) in [7, 11) is 4.70. The molecule has 0 amide bonds. The highest BCUT2D eigenvalue weighted by Crippen LogP contribution is 2.39. The molecule has 5 heteroatoms. The van der Waals surface area contributed by atoms with E-state index in [0.717, 1.165) is 21.9 Å². The summed E-state index contributed by atoms with van der Waals surface area (Å²) < 4.78 is 15.8. The number of rotatable bonds is 4. The molecule has 0 radical (unpaired) electrons. The monoisotopic (exact) mass is 325 g/mol. The number of hydrogen-bond donors (Lipinski definition) is 2. The van der Waals surface area contributed by atoms with Crippen LogP contribution in [0, 0.1) is 0 Å². The minimum atomic E-state index is 0.0501. The van der Waals surface area contributed by atoms with Gasteiger partial charge in [-0.3, -0.25) is 0 Å². The molecule has 0 spiro atoms. The third-order valence-corrected chi connectivity index (χ3v) is 4.00. The van der Waals surface area contributed by atoms with Crippen LogP contribution in [-0.2, 0) is 0 Å². The molecule has 3 N–H and O–H groups in total. The van der Waals surface area contributed by atoms with Gasteiger partial charge in [0.2, 0.25) is 0 Å². The molecular weight excluding hydrogens is 306 g/mol. The average molecular weight is 325 g/mol. The number of anilines is 1. The average Bonchev–Trinajstić information content (AvgIpc) is 2.61. The second-order valence-electron chi connectivity index (χ2n) is 5.38. The summed E-state index contributed by atoms with van der Waals surface area (Å²) in [4.78, 5) is 0. The first-order valence-electron chi connectivity index (χ1n) is 7.40. The quantitative estimate of drug-likeness (QED) is 0.563. The summed E-state index contributed by atoms with van der Waals surface area (Å²) in [6.45, 7) is 0. The van der Waals surface area contributed by atoms with Gasteiger partial charge in [-0.2, -0.15) is 0 Å². The van der Waals surface area contributed by atoms with Crippen LogP contribution in [0.5, 0.6) is 23.0 Å². The Kier molecular flexibility index (Phi) is 4.08. The fraction of sp³-hybridized carbons (Fsp3) is 0.158. The molecule has 0 heterocycles. The standard InChI is InChI=1S/C19H19NO4/c1-22-17-10-15(20)14(9-16(17)21)12-5-4-11-7-18(23-2)19(24-3)8-13(11)6-12/h4-10,21H,20H2,1-3H3. The van der Waals surface area contributed by atoms with Crippen molar-refractivity contribution in [2.45, 2.75) is 0 Å². The lowest BCUT2D eigenvalue weighted by atomic mass is 9.99. The summed E-state index contributed by atoms with van der Waals surface area (Å²) in [6.07, 6.45) is 0. The predicted octanol–water partition coefficient (Wildman–Crippen LogP) is 3.82. The molecule has 24 heavy (non-hydrogen) atoms. The highest BCUT2D eigenvalue weighted by Gasteiger charge is 2.11. The highest BCUT2D eigenvalue weighted by molar-refractivity contribution is 5.92. The number of phenolic OH excluding ortho intramolecular Hbond substituents is 1. The van der Waals surface area contributed by atoms with Crippen molar-refractivity contribution >= 4 is 16.5 Å². The van der Waals surface area contributed by atoms with Crippen LogP contribution < -0.4 is 19.9 Å². The zero-order valence-corrected chi connectivity index (χ0v) is 13.8. The number of methoxy groups -OCH3 is 3. The number of phenols is 1. The van der Waals surface area contributed by atoms with Crippen LogP contribution >= 0.6 is 0 Å².